The molecule has 0 saturated heterocycles. The fourth-order valence-electron chi connectivity index (χ4n) is 2.87. The van der Waals surface area contributed by atoms with Crippen LogP contribution in [0, 0.1) is 0 Å². The van der Waals surface area contributed by atoms with Crippen molar-refractivity contribution in [1.82, 2.24) is 0 Å². The van der Waals surface area contributed by atoms with Gasteiger partial charge in [0.15, 0.2) is 11.5 Å². The average Bonchev–Trinajstić information content (AvgIpc) is 2.52. The summed E-state index contributed by atoms with van der Waals surface area (Å²) < 4.78 is 15.1. The van der Waals surface area contributed by atoms with Gasteiger partial charge in [0, 0.05) is 17.0 Å². The summed E-state index contributed by atoms with van der Waals surface area (Å²) in [4.78, 5) is 24.7. The van der Waals surface area contributed by atoms with Gasteiger partial charge in [-0.05, 0) is 13.0 Å². The van der Waals surface area contributed by atoms with Crippen LogP contribution in [0.5, 0.6) is 11.5 Å². The molecule has 0 saturated carbocycles. The summed E-state index contributed by atoms with van der Waals surface area (Å²) in [6.45, 7) is 1.34. The highest BCUT2D eigenvalue weighted by Gasteiger charge is 2.44. The highest BCUT2D eigenvalue weighted by Crippen LogP contribution is 2.42. The maximum atomic E-state index is 12.5. The van der Waals surface area contributed by atoms with E-state index in [-0.39, 0.29) is 33.5 Å². The molecule has 8 nitrogen and oxygen atoms in total. The number of carbonyl (C=O) groups is 1. The molecule has 0 bridgehead atoms. The summed E-state index contributed by atoms with van der Waals surface area (Å²) in [5.41, 5.74) is 2.84. The Morgan fingerprint density at radius 1 is 1.21 bits per heavy atom. The zero-order valence-corrected chi connectivity index (χ0v) is 13.2. The molecule has 0 fully saturated rings. The van der Waals surface area contributed by atoms with Crippen molar-refractivity contribution in [2.24, 2.45) is 5.73 Å². The molecule has 1 aromatic carbocycles. The summed E-state index contributed by atoms with van der Waals surface area (Å²) in [7, 11) is 2.59. The fraction of sp³-hybridized carbons (Fsp3) is 0.250. The molecule has 1 aliphatic rings. The first-order valence-corrected chi connectivity index (χ1v) is 6.93. The van der Waals surface area contributed by atoms with Crippen molar-refractivity contribution >= 4 is 16.6 Å². The summed E-state index contributed by atoms with van der Waals surface area (Å²) in [6.07, 6.45) is 0. The van der Waals surface area contributed by atoms with E-state index in [4.69, 9.17) is 19.6 Å². The largest absolute Gasteiger partial charge is 0.507 e. The quantitative estimate of drug-likeness (QED) is 0.732. The van der Waals surface area contributed by atoms with E-state index in [0.29, 0.717) is 0 Å². The molecule has 0 aliphatic heterocycles. The molecular formula is C16H15NO7. The number of aliphatic hydroxyl groups is 1. The second-order valence-corrected chi connectivity index (χ2v) is 5.51. The zero-order valence-electron chi connectivity index (χ0n) is 13.2. The van der Waals surface area contributed by atoms with Gasteiger partial charge in [-0.2, -0.15) is 0 Å². The topological polar surface area (TPSA) is 132 Å². The molecule has 3 rings (SSSR count). The van der Waals surface area contributed by atoms with Gasteiger partial charge in [-0.15, -0.1) is 0 Å². The zero-order chi connectivity index (χ0) is 17.8. The molecule has 1 aliphatic carbocycles. The second kappa shape index (κ2) is 5.00. The maximum absolute atomic E-state index is 12.5. The van der Waals surface area contributed by atoms with Gasteiger partial charge in [-0.3, -0.25) is 4.79 Å². The Balaban J connectivity index is 2.55. The Morgan fingerprint density at radius 2 is 1.88 bits per heavy atom. The third kappa shape index (κ3) is 1.89. The minimum absolute atomic E-state index is 0.0328. The Hall–Kier alpha value is -3.00. The van der Waals surface area contributed by atoms with Crippen LogP contribution in [0.3, 0.4) is 0 Å². The number of methoxy groups -OCH3 is 2. The van der Waals surface area contributed by atoms with Crippen LogP contribution in [0.1, 0.15) is 23.0 Å². The van der Waals surface area contributed by atoms with Crippen molar-refractivity contribution in [3.8, 4) is 11.5 Å². The van der Waals surface area contributed by atoms with Crippen LogP contribution in [-0.4, -0.2) is 30.2 Å². The number of allylic oxidation sites excluding steroid dienone is 1. The number of phenols is 1. The lowest BCUT2D eigenvalue weighted by atomic mass is 9.82. The van der Waals surface area contributed by atoms with Crippen molar-refractivity contribution < 1.29 is 28.9 Å². The van der Waals surface area contributed by atoms with E-state index in [2.05, 4.69) is 0 Å². The standard InChI is InChI=1S/C16H15NO7/c1-16(21)10-7-4-6(22-2)5-8(18)9(7)15(20)24-12(10)11(19)13(23-3)14(16)17/h4-5,18,21H,17H2,1-3H3/t16-/m1/s1. The Kier molecular flexibility index (Phi) is 3.31. The molecule has 0 spiro atoms. The fourth-order valence-corrected chi connectivity index (χ4v) is 2.87. The monoisotopic (exact) mass is 333 g/mol. The van der Waals surface area contributed by atoms with Gasteiger partial charge in [-0.25, -0.2) is 4.79 Å². The van der Waals surface area contributed by atoms with Crippen LogP contribution in [-0.2, 0) is 10.3 Å². The van der Waals surface area contributed by atoms with Gasteiger partial charge >= 0.3 is 5.63 Å². The summed E-state index contributed by atoms with van der Waals surface area (Å²) >= 11 is 0. The third-order valence-electron chi connectivity index (χ3n) is 4.09. The van der Waals surface area contributed by atoms with Crippen molar-refractivity contribution in [2.45, 2.75) is 12.5 Å². The van der Waals surface area contributed by atoms with E-state index >= 15 is 0 Å². The first-order chi connectivity index (χ1) is 11.2. The van der Waals surface area contributed by atoms with Gasteiger partial charge in [0.2, 0.25) is 0 Å². The Labute approximate surface area is 135 Å². The van der Waals surface area contributed by atoms with Gasteiger partial charge in [0.25, 0.3) is 5.78 Å². The Bertz CT molecular complexity index is 969. The number of carbonyl (C=O) groups excluding carboxylic acids is 1. The molecule has 126 valence electrons. The molecule has 0 amide bonds. The van der Waals surface area contributed by atoms with Gasteiger partial charge in [-0.1, -0.05) is 0 Å². The van der Waals surface area contributed by atoms with Crippen molar-refractivity contribution in [3.63, 3.8) is 0 Å². The van der Waals surface area contributed by atoms with Gasteiger partial charge < -0.3 is 29.8 Å². The SMILES string of the molecule is COC1=C(N)[C@](C)(O)c2c(oc(=O)c3c(O)cc(OC)cc23)C1=O. The van der Waals surface area contributed by atoms with E-state index in [1.807, 2.05) is 0 Å². The van der Waals surface area contributed by atoms with Crippen LogP contribution >= 0.6 is 0 Å². The number of nitrogens with two attached hydrogens (primary N) is 1. The average molecular weight is 333 g/mol. The third-order valence-corrected chi connectivity index (χ3v) is 4.09. The molecule has 1 atom stereocenters. The molecular weight excluding hydrogens is 318 g/mol. The first kappa shape index (κ1) is 15.9. The first-order valence-electron chi connectivity index (χ1n) is 6.93. The van der Waals surface area contributed by atoms with Crippen LogP contribution < -0.4 is 16.1 Å². The molecule has 4 N–H and O–H groups in total. The van der Waals surface area contributed by atoms with E-state index in [1.165, 1.54) is 33.3 Å². The smallest absolute Gasteiger partial charge is 0.348 e. The van der Waals surface area contributed by atoms with Crippen molar-refractivity contribution in [2.75, 3.05) is 14.2 Å². The maximum Gasteiger partial charge on any atom is 0.348 e. The number of Topliss-reactive ketones (excluding diaryl/α,β-unsaturated/α-hetero) is 1. The van der Waals surface area contributed by atoms with E-state index in [9.17, 15) is 19.8 Å². The molecule has 0 radical (unpaired) electrons. The number of rotatable bonds is 2. The number of hydrogen-bond donors (Lipinski definition) is 3. The minimum Gasteiger partial charge on any atom is -0.507 e. The highest BCUT2D eigenvalue weighted by molar-refractivity contribution is 6.11. The summed E-state index contributed by atoms with van der Waals surface area (Å²) in [5, 5.41) is 20.9. The molecule has 24 heavy (non-hydrogen) atoms. The number of benzene rings is 1. The highest BCUT2D eigenvalue weighted by atomic mass is 16.5. The molecule has 2 aromatic rings. The molecule has 1 heterocycles. The van der Waals surface area contributed by atoms with E-state index in [1.54, 1.807) is 0 Å². The van der Waals surface area contributed by atoms with Gasteiger partial charge in [0.05, 0.1) is 19.9 Å². The van der Waals surface area contributed by atoms with Crippen LogP contribution in [0.4, 0.5) is 0 Å². The molecule has 8 heteroatoms. The Morgan fingerprint density at radius 3 is 2.46 bits per heavy atom. The summed E-state index contributed by atoms with van der Waals surface area (Å²) in [5.74, 6) is -1.63. The number of ketones is 1. The lowest BCUT2D eigenvalue weighted by Gasteiger charge is -2.31. The number of phenolic OH excluding ortho intramolecular Hbond substituents is 1. The van der Waals surface area contributed by atoms with Crippen LogP contribution in [0.25, 0.3) is 10.8 Å². The van der Waals surface area contributed by atoms with Gasteiger partial charge in [0.1, 0.15) is 22.5 Å². The van der Waals surface area contributed by atoms with Crippen LogP contribution in [0.2, 0.25) is 0 Å². The lowest BCUT2D eigenvalue weighted by Crippen LogP contribution is -2.39. The number of hydrogen-bond acceptors (Lipinski definition) is 8. The number of ether oxygens (including phenoxy) is 2. The normalized spacial score (nSPS) is 20.2. The predicted octanol–water partition coefficient (Wildman–Crippen LogP) is 0.728. The summed E-state index contributed by atoms with van der Waals surface area (Å²) in [6, 6.07) is 2.64. The number of fused-ring (bicyclic) bond motifs is 3. The number of aromatic hydroxyl groups is 1. The second-order valence-electron chi connectivity index (χ2n) is 5.51. The predicted molar refractivity (Wildman–Crippen MR) is 82.8 cm³/mol. The lowest BCUT2D eigenvalue weighted by molar-refractivity contribution is 0.0661. The molecule has 0 unspecified atom stereocenters. The van der Waals surface area contributed by atoms with Crippen LogP contribution in [0.15, 0.2) is 32.8 Å². The molecule has 1 aromatic heterocycles. The van der Waals surface area contributed by atoms with E-state index in [0.717, 1.165) is 0 Å². The van der Waals surface area contributed by atoms with E-state index < -0.39 is 28.5 Å². The van der Waals surface area contributed by atoms with Crippen molar-refractivity contribution in [3.05, 3.63) is 45.3 Å². The van der Waals surface area contributed by atoms with Crippen molar-refractivity contribution in [1.29, 1.82) is 0 Å². The minimum atomic E-state index is -1.86.